The van der Waals surface area contributed by atoms with Crippen LogP contribution in [-0.4, -0.2) is 23.9 Å². The number of hydrogen-bond acceptors (Lipinski definition) is 3. The molecule has 1 N–H and O–H groups in total. The van der Waals surface area contributed by atoms with Crippen LogP contribution in [0.5, 0.6) is 0 Å². The average Bonchev–Trinajstić information content (AvgIpc) is 2.87. The lowest BCUT2D eigenvalue weighted by Crippen LogP contribution is -2.32. The standard InChI is InChI=1S/C15H15Cl3N2OS/c1-2-20(8-10-6-7-13(18)22-10)9-14(21)19-15-11(16)4-3-5-12(15)17/h3-7H,2,8-9H2,1H3,(H,19,21). The van der Waals surface area contributed by atoms with Gasteiger partial charge in [-0.25, -0.2) is 0 Å². The number of hydrogen-bond donors (Lipinski definition) is 1. The van der Waals surface area contributed by atoms with Gasteiger partial charge in [0.25, 0.3) is 0 Å². The van der Waals surface area contributed by atoms with E-state index in [0.717, 1.165) is 15.8 Å². The molecule has 0 fully saturated rings. The maximum atomic E-state index is 12.2. The van der Waals surface area contributed by atoms with E-state index in [1.807, 2.05) is 24.0 Å². The van der Waals surface area contributed by atoms with Crippen molar-refractivity contribution in [1.29, 1.82) is 0 Å². The largest absolute Gasteiger partial charge is 0.322 e. The van der Waals surface area contributed by atoms with Crippen LogP contribution in [0.3, 0.4) is 0 Å². The topological polar surface area (TPSA) is 32.3 Å². The van der Waals surface area contributed by atoms with Gasteiger partial charge in [0.1, 0.15) is 0 Å². The Morgan fingerprint density at radius 2 is 1.86 bits per heavy atom. The van der Waals surface area contributed by atoms with Crippen molar-refractivity contribution in [1.82, 2.24) is 4.90 Å². The molecule has 2 rings (SSSR count). The highest BCUT2D eigenvalue weighted by molar-refractivity contribution is 7.16. The Hall–Kier alpha value is -0.780. The first-order valence-corrected chi connectivity index (χ1v) is 8.65. The van der Waals surface area contributed by atoms with E-state index in [4.69, 9.17) is 34.8 Å². The summed E-state index contributed by atoms with van der Waals surface area (Å²) in [6, 6.07) is 8.94. The fourth-order valence-corrected chi connectivity index (χ4v) is 3.56. The summed E-state index contributed by atoms with van der Waals surface area (Å²) in [6.07, 6.45) is 0. The van der Waals surface area contributed by atoms with Crippen LogP contribution in [0.15, 0.2) is 30.3 Å². The quantitative estimate of drug-likeness (QED) is 0.753. The number of thiophene rings is 1. The summed E-state index contributed by atoms with van der Waals surface area (Å²) in [6.45, 7) is 3.69. The number of nitrogens with zero attached hydrogens (tertiary/aromatic N) is 1. The van der Waals surface area contributed by atoms with E-state index in [1.165, 1.54) is 11.3 Å². The first-order chi connectivity index (χ1) is 10.5. The molecule has 118 valence electrons. The van der Waals surface area contributed by atoms with E-state index in [0.29, 0.717) is 22.3 Å². The number of amides is 1. The summed E-state index contributed by atoms with van der Waals surface area (Å²) in [5.41, 5.74) is 0.450. The Morgan fingerprint density at radius 1 is 1.18 bits per heavy atom. The molecule has 0 aliphatic rings. The van der Waals surface area contributed by atoms with Crippen LogP contribution in [0.4, 0.5) is 5.69 Å². The molecule has 7 heteroatoms. The van der Waals surface area contributed by atoms with E-state index in [-0.39, 0.29) is 12.5 Å². The van der Waals surface area contributed by atoms with Crippen molar-refractivity contribution < 1.29 is 4.79 Å². The Kier molecular flexibility index (Phi) is 6.53. The number of rotatable bonds is 6. The van der Waals surface area contributed by atoms with Crippen molar-refractivity contribution in [2.75, 3.05) is 18.4 Å². The van der Waals surface area contributed by atoms with Crippen LogP contribution in [0, 0.1) is 0 Å². The maximum absolute atomic E-state index is 12.2. The Labute approximate surface area is 148 Å². The zero-order chi connectivity index (χ0) is 16.1. The van der Waals surface area contributed by atoms with Crippen molar-refractivity contribution in [2.45, 2.75) is 13.5 Å². The van der Waals surface area contributed by atoms with Gasteiger partial charge in [0.05, 0.1) is 26.6 Å². The smallest absolute Gasteiger partial charge is 0.238 e. The van der Waals surface area contributed by atoms with Gasteiger partial charge in [0, 0.05) is 11.4 Å². The van der Waals surface area contributed by atoms with Gasteiger partial charge in [-0.2, -0.15) is 0 Å². The summed E-state index contributed by atoms with van der Waals surface area (Å²) in [5, 5.41) is 3.62. The Morgan fingerprint density at radius 3 is 2.41 bits per heavy atom. The normalized spacial score (nSPS) is 11.0. The number of halogens is 3. The molecule has 0 unspecified atom stereocenters. The lowest BCUT2D eigenvalue weighted by atomic mass is 10.3. The third-order valence-electron chi connectivity index (χ3n) is 3.05. The Bertz CT molecular complexity index is 640. The number of nitrogens with one attached hydrogen (secondary N) is 1. The van der Waals surface area contributed by atoms with Gasteiger partial charge in [0.2, 0.25) is 5.91 Å². The molecule has 1 amide bonds. The third-order valence-corrected chi connectivity index (χ3v) is 4.90. The predicted molar refractivity (Wildman–Crippen MR) is 95.4 cm³/mol. The number of carbonyl (C=O) groups excluding carboxylic acids is 1. The molecule has 0 aliphatic heterocycles. The van der Waals surface area contributed by atoms with Gasteiger partial charge in [-0.1, -0.05) is 47.8 Å². The van der Waals surface area contributed by atoms with Crippen LogP contribution >= 0.6 is 46.1 Å². The molecule has 0 radical (unpaired) electrons. The summed E-state index contributed by atoms with van der Waals surface area (Å²) < 4.78 is 0.748. The third kappa shape index (κ3) is 4.86. The molecule has 0 aliphatic carbocycles. The summed E-state index contributed by atoms with van der Waals surface area (Å²) in [7, 11) is 0. The minimum absolute atomic E-state index is 0.153. The first-order valence-electron chi connectivity index (χ1n) is 6.70. The number of carbonyl (C=O) groups is 1. The van der Waals surface area contributed by atoms with Crippen molar-refractivity contribution in [3.8, 4) is 0 Å². The van der Waals surface area contributed by atoms with Crippen molar-refractivity contribution >= 4 is 57.7 Å². The molecular weight excluding hydrogens is 363 g/mol. The molecule has 0 bridgehead atoms. The van der Waals surface area contributed by atoms with Crippen LogP contribution in [0.25, 0.3) is 0 Å². The second kappa shape index (κ2) is 8.18. The SMILES string of the molecule is CCN(CC(=O)Nc1c(Cl)cccc1Cl)Cc1ccc(Cl)s1. The van der Waals surface area contributed by atoms with Crippen molar-refractivity contribution in [2.24, 2.45) is 0 Å². The zero-order valence-corrected chi connectivity index (χ0v) is 15.0. The zero-order valence-electron chi connectivity index (χ0n) is 11.9. The highest BCUT2D eigenvalue weighted by atomic mass is 35.5. The van der Waals surface area contributed by atoms with E-state index >= 15 is 0 Å². The average molecular weight is 378 g/mol. The molecular formula is C15H15Cl3N2OS. The highest BCUT2D eigenvalue weighted by Gasteiger charge is 2.14. The molecule has 3 nitrogen and oxygen atoms in total. The lowest BCUT2D eigenvalue weighted by Gasteiger charge is -2.19. The summed E-state index contributed by atoms with van der Waals surface area (Å²) in [5.74, 6) is -0.153. The van der Waals surface area contributed by atoms with Crippen LogP contribution < -0.4 is 5.32 Å². The van der Waals surface area contributed by atoms with Crippen LogP contribution in [0.2, 0.25) is 14.4 Å². The van der Waals surface area contributed by atoms with E-state index in [1.54, 1.807) is 18.2 Å². The predicted octanol–water partition coefficient (Wildman–Crippen LogP) is 5.17. The number of benzene rings is 1. The Balaban J connectivity index is 1.97. The summed E-state index contributed by atoms with van der Waals surface area (Å²) >= 11 is 19.5. The van der Waals surface area contributed by atoms with E-state index < -0.39 is 0 Å². The molecule has 1 heterocycles. The van der Waals surface area contributed by atoms with E-state index in [2.05, 4.69) is 5.32 Å². The van der Waals surface area contributed by atoms with Crippen molar-refractivity contribution in [3.05, 3.63) is 49.6 Å². The first kappa shape index (κ1) is 17.6. The number of anilines is 1. The second-order valence-electron chi connectivity index (χ2n) is 4.65. The molecule has 0 atom stereocenters. The highest BCUT2D eigenvalue weighted by Crippen LogP contribution is 2.29. The molecule has 0 spiro atoms. The lowest BCUT2D eigenvalue weighted by molar-refractivity contribution is -0.117. The van der Waals surface area contributed by atoms with Gasteiger partial charge in [0.15, 0.2) is 0 Å². The monoisotopic (exact) mass is 376 g/mol. The summed E-state index contributed by atoms with van der Waals surface area (Å²) in [4.78, 5) is 15.3. The van der Waals surface area contributed by atoms with Gasteiger partial charge >= 0.3 is 0 Å². The van der Waals surface area contributed by atoms with Gasteiger partial charge in [-0.05, 0) is 30.8 Å². The minimum atomic E-state index is -0.153. The molecule has 0 saturated carbocycles. The molecule has 1 aromatic carbocycles. The fourth-order valence-electron chi connectivity index (χ4n) is 1.94. The van der Waals surface area contributed by atoms with Gasteiger partial charge in [-0.15, -0.1) is 11.3 Å². The number of para-hydroxylation sites is 1. The molecule has 1 aromatic heterocycles. The second-order valence-corrected chi connectivity index (χ2v) is 7.27. The maximum Gasteiger partial charge on any atom is 0.238 e. The van der Waals surface area contributed by atoms with Gasteiger partial charge in [-0.3, -0.25) is 9.69 Å². The van der Waals surface area contributed by atoms with Gasteiger partial charge < -0.3 is 5.32 Å². The fraction of sp³-hybridized carbons (Fsp3) is 0.267. The van der Waals surface area contributed by atoms with Crippen LogP contribution in [0.1, 0.15) is 11.8 Å². The molecule has 0 saturated heterocycles. The van der Waals surface area contributed by atoms with Crippen molar-refractivity contribution in [3.63, 3.8) is 0 Å². The molecule has 2 aromatic rings. The van der Waals surface area contributed by atoms with E-state index in [9.17, 15) is 4.79 Å². The minimum Gasteiger partial charge on any atom is -0.322 e. The number of likely N-dealkylation sites (N-methyl/N-ethyl adjacent to an activating group) is 1. The molecule has 22 heavy (non-hydrogen) atoms. The van der Waals surface area contributed by atoms with Crippen LogP contribution in [-0.2, 0) is 11.3 Å².